The van der Waals surface area contributed by atoms with Crippen LogP contribution in [-0.2, 0) is 4.74 Å². The number of anilines is 1. The highest BCUT2D eigenvalue weighted by molar-refractivity contribution is 6.35. The Morgan fingerprint density at radius 2 is 1.71 bits per heavy atom. The van der Waals surface area contributed by atoms with Crippen LogP contribution in [0.4, 0.5) is 10.5 Å². The summed E-state index contributed by atoms with van der Waals surface area (Å²) in [5.41, 5.74) is -0.242. The van der Waals surface area contributed by atoms with E-state index in [4.69, 9.17) is 33.8 Å². The number of benzene rings is 1. The summed E-state index contributed by atoms with van der Waals surface area (Å²) in [5.74, 6) is 5.62. The van der Waals surface area contributed by atoms with E-state index in [2.05, 4.69) is 0 Å². The molecule has 1 aromatic carbocycles. The standard InChI is InChI=1S/C11H14Cl2N2O2/c1-11(2,3)17-10(16)15(14)9-5-7(12)4-8(13)6-9/h4-6H,14H2,1-3H3. The summed E-state index contributed by atoms with van der Waals surface area (Å²) >= 11 is 11.6. The van der Waals surface area contributed by atoms with Crippen LogP contribution < -0.4 is 10.9 Å². The van der Waals surface area contributed by atoms with Crippen molar-refractivity contribution in [3.63, 3.8) is 0 Å². The molecule has 0 bridgehead atoms. The van der Waals surface area contributed by atoms with Crippen LogP contribution in [0, 0.1) is 0 Å². The summed E-state index contributed by atoms with van der Waals surface area (Å²) in [7, 11) is 0. The molecule has 4 nitrogen and oxygen atoms in total. The number of hydrogen-bond donors (Lipinski definition) is 1. The van der Waals surface area contributed by atoms with Gasteiger partial charge in [-0.1, -0.05) is 23.2 Å². The topological polar surface area (TPSA) is 55.6 Å². The molecule has 2 N–H and O–H groups in total. The van der Waals surface area contributed by atoms with Crippen molar-refractivity contribution in [2.24, 2.45) is 5.84 Å². The molecular weight excluding hydrogens is 263 g/mol. The number of halogens is 2. The molecule has 17 heavy (non-hydrogen) atoms. The third-order valence-corrected chi connectivity index (χ3v) is 2.15. The predicted octanol–water partition coefficient (Wildman–Crippen LogP) is 3.61. The van der Waals surface area contributed by atoms with Crippen LogP contribution in [0.3, 0.4) is 0 Å². The van der Waals surface area contributed by atoms with Gasteiger partial charge in [0.2, 0.25) is 0 Å². The fourth-order valence-electron chi connectivity index (χ4n) is 1.09. The first kappa shape index (κ1) is 14.1. The fraction of sp³-hybridized carbons (Fsp3) is 0.364. The van der Waals surface area contributed by atoms with E-state index in [0.29, 0.717) is 15.7 Å². The average Bonchev–Trinajstić information content (AvgIpc) is 2.12. The lowest BCUT2D eigenvalue weighted by molar-refractivity contribution is 0.0580. The van der Waals surface area contributed by atoms with Crippen LogP contribution in [0.2, 0.25) is 10.0 Å². The van der Waals surface area contributed by atoms with Crippen molar-refractivity contribution in [1.82, 2.24) is 0 Å². The summed E-state index contributed by atoms with van der Waals surface area (Å²) in [6.45, 7) is 5.26. The maximum Gasteiger partial charge on any atom is 0.429 e. The van der Waals surface area contributed by atoms with E-state index in [9.17, 15) is 4.79 Å². The molecule has 0 aliphatic heterocycles. The molecule has 0 radical (unpaired) electrons. The molecule has 0 aromatic heterocycles. The van der Waals surface area contributed by atoms with E-state index >= 15 is 0 Å². The molecule has 0 saturated heterocycles. The van der Waals surface area contributed by atoms with Crippen LogP contribution in [0.1, 0.15) is 20.8 Å². The lowest BCUT2D eigenvalue weighted by atomic mass is 10.2. The van der Waals surface area contributed by atoms with Crippen LogP contribution >= 0.6 is 23.2 Å². The van der Waals surface area contributed by atoms with Gasteiger partial charge in [0.1, 0.15) is 5.60 Å². The third-order valence-electron chi connectivity index (χ3n) is 1.72. The lowest BCUT2D eigenvalue weighted by Crippen LogP contribution is -2.41. The summed E-state index contributed by atoms with van der Waals surface area (Å²) in [5, 5.41) is 1.65. The van der Waals surface area contributed by atoms with E-state index in [1.807, 2.05) is 0 Å². The van der Waals surface area contributed by atoms with E-state index in [1.165, 1.54) is 12.1 Å². The molecule has 1 rings (SSSR count). The number of nitrogens with two attached hydrogens (primary N) is 1. The van der Waals surface area contributed by atoms with Crippen molar-refractivity contribution in [2.45, 2.75) is 26.4 Å². The number of amides is 1. The second-order valence-corrected chi connectivity index (χ2v) is 5.35. The molecule has 1 amide bonds. The monoisotopic (exact) mass is 276 g/mol. The lowest BCUT2D eigenvalue weighted by Gasteiger charge is -2.24. The first-order valence-electron chi connectivity index (χ1n) is 4.93. The molecule has 94 valence electrons. The van der Waals surface area contributed by atoms with Crippen LogP contribution in [0.15, 0.2) is 18.2 Å². The highest BCUT2D eigenvalue weighted by Crippen LogP contribution is 2.25. The molecule has 1 aromatic rings. The second-order valence-electron chi connectivity index (χ2n) is 4.48. The predicted molar refractivity (Wildman–Crippen MR) is 69.4 cm³/mol. The minimum atomic E-state index is -0.671. The van der Waals surface area contributed by atoms with Gasteiger partial charge in [0.25, 0.3) is 0 Å². The fourth-order valence-corrected chi connectivity index (χ4v) is 1.61. The van der Waals surface area contributed by atoms with Crippen LogP contribution in [0.5, 0.6) is 0 Å². The Bertz CT molecular complexity index is 410. The first-order chi connectivity index (χ1) is 7.69. The summed E-state index contributed by atoms with van der Waals surface area (Å²) in [6.07, 6.45) is -0.671. The zero-order valence-electron chi connectivity index (χ0n) is 9.83. The van der Waals surface area contributed by atoms with Gasteiger partial charge in [-0.05, 0) is 39.0 Å². The number of hydrazine groups is 1. The average molecular weight is 277 g/mol. The van der Waals surface area contributed by atoms with Gasteiger partial charge in [0.15, 0.2) is 0 Å². The zero-order valence-corrected chi connectivity index (χ0v) is 11.3. The number of carbonyl (C=O) groups excluding carboxylic acids is 1. The Morgan fingerprint density at radius 3 is 2.12 bits per heavy atom. The molecular formula is C11H14Cl2N2O2. The van der Waals surface area contributed by atoms with Crippen molar-refractivity contribution in [3.05, 3.63) is 28.2 Å². The van der Waals surface area contributed by atoms with Crippen molar-refractivity contribution in [1.29, 1.82) is 0 Å². The van der Waals surface area contributed by atoms with E-state index in [1.54, 1.807) is 26.8 Å². The normalized spacial score (nSPS) is 11.2. The van der Waals surface area contributed by atoms with E-state index in [0.717, 1.165) is 5.01 Å². The molecule has 0 atom stereocenters. The van der Waals surface area contributed by atoms with Gasteiger partial charge in [-0.3, -0.25) is 0 Å². The Hall–Kier alpha value is -0.970. The number of carbonyl (C=O) groups is 1. The maximum atomic E-state index is 11.7. The quantitative estimate of drug-likeness (QED) is 0.484. The Labute approximate surface area is 110 Å². The summed E-state index contributed by atoms with van der Waals surface area (Å²) in [6, 6.07) is 4.60. The van der Waals surface area contributed by atoms with Gasteiger partial charge in [-0.25, -0.2) is 15.6 Å². The van der Waals surface area contributed by atoms with Gasteiger partial charge in [0, 0.05) is 10.0 Å². The maximum absolute atomic E-state index is 11.7. The van der Waals surface area contributed by atoms with Gasteiger partial charge >= 0.3 is 6.09 Å². The number of hydrogen-bond acceptors (Lipinski definition) is 3. The largest absolute Gasteiger partial charge is 0.442 e. The molecule has 0 unspecified atom stereocenters. The van der Waals surface area contributed by atoms with Gasteiger partial charge < -0.3 is 4.74 Å². The van der Waals surface area contributed by atoms with Gasteiger partial charge in [0.05, 0.1) is 5.69 Å². The Balaban J connectivity index is 2.89. The first-order valence-corrected chi connectivity index (χ1v) is 5.68. The van der Waals surface area contributed by atoms with Crippen molar-refractivity contribution in [3.8, 4) is 0 Å². The van der Waals surface area contributed by atoms with Crippen LogP contribution in [-0.4, -0.2) is 11.7 Å². The highest BCUT2D eigenvalue weighted by atomic mass is 35.5. The third kappa shape index (κ3) is 4.42. The van der Waals surface area contributed by atoms with E-state index < -0.39 is 11.7 Å². The van der Waals surface area contributed by atoms with Gasteiger partial charge in [-0.15, -0.1) is 0 Å². The Kier molecular flexibility index (Phi) is 4.25. The molecule has 0 heterocycles. The highest BCUT2D eigenvalue weighted by Gasteiger charge is 2.21. The van der Waals surface area contributed by atoms with Crippen molar-refractivity contribution in [2.75, 3.05) is 5.01 Å². The number of ether oxygens (including phenoxy) is 1. The van der Waals surface area contributed by atoms with Crippen molar-refractivity contribution >= 4 is 35.0 Å². The SMILES string of the molecule is CC(C)(C)OC(=O)N(N)c1cc(Cl)cc(Cl)c1. The Morgan fingerprint density at radius 1 is 1.24 bits per heavy atom. The number of rotatable bonds is 1. The van der Waals surface area contributed by atoms with Gasteiger partial charge in [-0.2, -0.15) is 0 Å². The van der Waals surface area contributed by atoms with Crippen LogP contribution in [0.25, 0.3) is 0 Å². The molecule has 0 spiro atoms. The number of nitrogens with zero attached hydrogens (tertiary/aromatic N) is 1. The smallest absolute Gasteiger partial charge is 0.429 e. The van der Waals surface area contributed by atoms with Crippen molar-refractivity contribution < 1.29 is 9.53 Å². The molecule has 6 heteroatoms. The molecule has 0 aliphatic rings. The zero-order chi connectivity index (χ0) is 13.2. The second kappa shape index (κ2) is 5.12. The minimum Gasteiger partial charge on any atom is -0.442 e. The summed E-state index contributed by atoms with van der Waals surface area (Å²) < 4.78 is 5.11. The molecule has 0 saturated carbocycles. The van der Waals surface area contributed by atoms with E-state index in [-0.39, 0.29) is 0 Å². The molecule has 0 aliphatic carbocycles. The summed E-state index contributed by atoms with van der Waals surface area (Å²) in [4.78, 5) is 11.7. The minimum absolute atomic E-state index is 0.372. The molecule has 0 fully saturated rings.